The standard InChI is InChI=1S/2C9H16O3.Fe/c2*1-9(2,3)5-4-7(10)6-8(11)12;/h2*4-6H2,1-3H3,(H,11,12);/q;;+2/p-2. The molecule has 0 aliphatic heterocycles. The van der Waals surface area contributed by atoms with E-state index in [1.165, 1.54) is 0 Å². The number of rotatable bonds is 8. The summed E-state index contributed by atoms with van der Waals surface area (Å²) < 4.78 is 0. The number of ketones is 2. The zero-order chi connectivity index (χ0) is 19.6. The number of carboxylic acid groups (broad SMARTS) is 2. The van der Waals surface area contributed by atoms with Crippen LogP contribution in [0, 0.1) is 10.8 Å². The Labute approximate surface area is 161 Å². The first-order valence-corrected chi connectivity index (χ1v) is 8.05. The minimum atomic E-state index is -1.28. The summed E-state index contributed by atoms with van der Waals surface area (Å²) in [6.07, 6.45) is 1.21. The number of hydrogen-bond acceptors (Lipinski definition) is 6. The van der Waals surface area contributed by atoms with Crippen LogP contribution in [0.5, 0.6) is 0 Å². The maximum atomic E-state index is 10.9. The van der Waals surface area contributed by atoms with Gasteiger partial charge >= 0.3 is 17.1 Å². The molecule has 0 fully saturated rings. The predicted octanol–water partition coefficient (Wildman–Crippen LogP) is 1.04. The van der Waals surface area contributed by atoms with Gasteiger partial charge in [-0.2, -0.15) is 0 Å². The number of Topliss-reactive ketones (excluding diaryl/α,β-unsaturated/α-hetero) is 2. The van der Waals surface area contributed by atoms with E-state index in [2.05, 4.69) is 0 Å². The monoisotopic (exact) mass is 398 g/mol. The van der Waals surface area contributed by atoms with Crippen molar-refractivity contribution in [3.05, 3.63) is 0 Å². The van der Waals surface area contributed by atoms with Gasteiger partial charge < -0.3 is 19.8 Å². The molecule has 0 unspecified atom stereocenters. The SMILES string of the molecule is CC(C)(C)CCC(=O)CC(=O)[O-].CC(C)(C)CCC(=O)CC(=O)[O-].[Fe+2]. The molecule has 0 aromatic heterocycles. The fourth-order valence-corrected chi connectivity index (χ4v) is 1.53. The van der Waals surface area contributed by atoms with Gasteiger partial charge in [-0.05, 0) is 23.7 Å². The van der Waals surface area contributed by atoms with Gasteiger partial charge in [-0.1, -0.05) is 41.5 Å². The average Bonchev–Trinajstić information content (AvgIpc) is 2.31. The van der Waals surface area contributed by atoms with Crippen LogP contribution >= 0.6 is 0 Å². The van der Waals surface area contributed by atoms with Gasteiger partial charge in [0.15, 0.2) is 0 Å². The number of carbonyl (C=O) groups is 4. The van der Waals surface area contributed by atoms with E-state index < -0.39 is 24.8 Å². The summed E-state index contributed by atoms with van der Waals surface area (Å²) in [7, 11) is 0. The molecule has 0 rings (SSSR count). The maximum absolute atomic E-state index is 10.9. The van der Waals surface area contributed by atoms with Crippen molar-refractivity contribution >= 4 is 23.5 Å². The molecule has 0 saturated heterocycles. The van der Waals surface area contributed by atoms with Gasteiger partial charge in [-0.25, -0.2) is 0 Å². The van der Waals surface area contributed by atoms with Gasteiger partial charge in [0.25, 0.3) is 0 Å². The van der Waals surface area contributed by atoms with Crippen LogP contribution < -0.4 is 10.2 Å². The van der Waals surface area contributed by atoms with Crippen molar-refractivity contribution < 1.29 is 46.5 Å². The largest absolute Gasteiger partial charge is 2.00 e. The van der Waals surface area contributed by atoms with Crippen LogP contribution in [-0.4, -0.2) is 23.5 Å². The summed E-state index contributed by atoms with van der Waals surface area (Å²) in [6, 6.07) is 0. The molecule has 146 valence electrons. The summed E-state index contributed by atoms with van der Waals surface area (Å²) in [5.41, 5.74) is 0.170. The Balaban J connectivity index is -0.000000372. The molecule has 0 N–H and O–H groups in total. The Morgan fingerprint density at radius 3 is 1.04 bits per heavy atom. The van der Waals surface area contributed by atoms with Gasteiger partial charge in [0.1, 0.15) is 11.6 Å². The van der Waals surface area contributed by atoms with Crippen LogP contribution in [0.2, 0.25) is 0 Å². The molecule has 6 nitrogen and oxygen atoms in total. The molecule has 0 spiro atoms. The van der Waals surface area contributed by atoms with Crippen molar-refractivity contribution in [2.75, 3.05) is 0 Å². The molecule has 0 heterocycles. The Hall–Kier alpha value is -1.20. The maximum Gasteiger partial charge on any atom is 2.00 e. The van der Waals surface area contributed by atoms with Gasteiger partial charge in [-0.15, -0.1) is 0 Å². The van der Waals surface area contributed by atoms with Gasteiger partial charge in [0, 0.05) is 37.6 Å². The number of hydrogen-bond donors (Lipinski definition) is 0. The molecule has 25 heavy (non-hydrogen) atoms. The molecule has 0 radical (unpaired) electrons. The fraction of sp³-hybridized carbons (Fsp3) is 0.778. The van der Waals surface area contributed by atoms with E-state index in [1.807, 2.05) is 41.5 Å². The van der Waals surface area contributed by atoms with E-state index in [1.54, 1.807) is 0 Å². The van der Waals surface area contributed by atoms with Crippen LogP contribution in [0.1, 0.15) is 80.1 Å². The van der Waals surface area contributed by atoms with Gasteiger partial charge in [-0.3, -0.25) is 9.59 Å². The second-order valence-corrected chi connectivity index (χ2v) is 8.30. The van der Waals surface area contributed by atoms with Crippen molar-refractivity contribution in [3.8, 4) is 0 Å². The quantitative estimate of drug-likeness (QED) is 0.446. The Morgan fingerprint density at radius 2 is 0.880 bits per heavy atom. The fourth-order valence-electron chi connectivity index (χ4n) is 1.53. The van der Waals surface area contributed by atoms with E-state index in [9.17, 15) is 29.4 Å². The van der Waals surface area contributed by atoms with E-state index in [-0.39, 0.29) is 39.5 Å². The third kappa shape index (κ3) is 27.9. The summed E-state index contributed by atoms with van der Waals surface area (Å²) in [5, 5.41) is 20.0. The minimum Gasteiger partial charge on any atom is -0.550 e. The molecule has 0 aliphatic carbocycles. The smallest absolute Gasteiger partial charge is 0.550 e. The molecule has 0 aromatic rings. The van der Waals surface area contributed by atoms with Crippen LogP contribution in [0.25, 0.3) is 0 Å². The number of aliphatic carboxylic acids is 2. The number of carboxylic acids is 2. The molecular formula is C18H30FeO6. The summed E-state index contributed by atoms with van der Waals surface area (Å²) in [6.45, 7) is 12.1. The number of carbonyl (C=O) groups excluding carboxylic acids is 4. The zero-order valence-electron chi connectivity index (χ0n) is 16.0. The van der Waals surface area contributed by atoms with E-state index >= 15 is 0 Å². The molecule has 7 heteroatoms. The Bertz CT molecular complexity index is 401. The minimum absolute atomic E-state index is 0. The average molecular weight is 398 g/mol. The third-order valence-electron chi connectivity index (χ3n) is 2.99. The van der Waals surface area contributed by atoms with Gasteiger partial charge in [0.2, 0.25) is 0 Å². The molecular weight excluding hydrogens is 368 g/mol. The van der Waals surface area contributed by atoms with Crippen LogP contribution in [0.4, 0.5) is 0 Å². The summed E-state index contributed by atoms with van der Waals surface area (Å²) in [4.78, 5) is 41.8. The van der Waals surface area contributed by atoms with E-state index in [0.29, 0.717) is 12.8 Å². The molecule has 0 saturated carbocycles. The van der Waals surface area contributed by atoms with Crippen molar-refractivity contribution in [2.45, 2.75) is 80.1 Å². The second kappa shape index (κ2) is 13.1. The molecule has 0 aliphatic rings. The van der Waals surface area contributed by atoms with E-state index in [0.717, 1.165) is 12.8 Å². The Kier molecular flexibility index (Phi) is 14.9. The van der Waals surface area contributed by atoms with Gasteiger partial charge in [0.05, 0.1) is 0 Å². The first-order chi connectivity index (χ1) is 10.6. The first kappa shape index (κ1) is 28.6. The normalized spacial score (nSPS) is 10.8. The summed E-state index contributed by atoms with van der Waals surface area (Å²) in [5.74, 6) is -3.06. The van der Waals surface area contributed by atoms with Crippen LogP contribution in [-0.2, 0) is 36.2 Å². The van der Waals surface area contributed by atoms with Crippen LogP contribution in [0.3, 0.4) is 0 Å². The van der Waals surface area contributed by atoms with Crippen LogP contribution in [0.15, 0.2) is 0 Å². The van der Waals surface area contributed by atoms with Crippen molar-refractivity contribution in [3.63, 3.8) is 0 Å². The topological polar surface area (TPSA) is 114 Å². The predicted molar refractivity (Wildman–Crippen MR) is 86.6 cm³/mol. The van der Waals surface area contributed by atoms with Crippen molar-refractivity contribution in [1.82, 2.24) is 0 Å². The van der Waals surface area contributed by atoms with Crippen molar-refractivity contribution in [1.29, 1.82) is 0 Å². The first-order valence-electron chi connectivity index (χ1n) is 8.05. The third-order valence-corrected chi connectivity index (χ3v) is 2.99. The van der Waals surface area contributed by atoms with E-state index in [4.69, 9.17) is 0 Å². The Morgan fingerprint density at radius 1 is 0.640 bits per heavy atom. The molecule has 0 amide bonds. The molecule has 0 atom stereocenters. The zero-order valence-corrected chi connectivity index (χ0v) is 17.1. The second-order valence-electron chi connectivity index (χ2n) is 8.30. The molecule has 0 aromatic carbocycles. The summed E-state index contributed by atoms with van der Waals surface area (Å²) >= 11 is 0. The van der Waals surface area contributed by atoms with Crippen molar-refractivity contribution in [2.24, 2.45) is 10.8 Å². The molecule has 0 bridgehead atoms.